The number of nitrogens with zero attached hydrogens (tertiary/aromatic N) is 1. The van der Waals surface area contributed by atoms with E-state index < -0.39 is 6.04 Å². The lowest BCUT2D eigenvalue weighted by Gasteiger charge is -2.31. The van der Waals surface area contributed by atoms with E-state index in [1.54, 1.807) is 24.0 Å². The number of rotatable bonds is 7. The first-order valence-corrected chi connectivity index (χ1v) is 11.4. The second-order valence-corrected chi connectivity index (χ2v) is 10.2. The van der Waals surface area contributed by atoms with Crippen LogP contribution in [0.2, 0.25) is 5.02 Å². The first-order chi connectivity index (χ1) is 13.5. The second-order valence-electron chi connectivity index (χ2n) is 7.81. The van der Waals surface area contributed by atoms with Crippen molar-refractivity contribution in [3.63, 3.8) is 0 Å². The van der Waals surface area contributed by atoms with Crippen LogP contribution in [-0.2, 0) is 16.1 Å². The quantitative estimate of drug-likeness (QED) is 0.512. The Labute approximate surface area is 190 Å². The Morgan fingerprint density at radius 1 is 1.17 bits per heavy atom. The molecule has 0 unspecified atom stereocenters. The van der Waals surface area contributed by atoms with Gasteiger partial charge in [-0.1, -0.05) is 39.7 Å². The van der Waals surface area contributed by atoms with E-state index in [9.17, 15) is 9.59 Å². The summed E-state index contributed by atoms with van der Waals surface area (Å²) in [5.41, 5.74) is 0.591. The number of amides is 2. The summed E-state index contributed by atoms with van der Waals surface area (Å²) < 4.78 is 0.935. The van der Waals surface area contributed by atoms with Gasteiger partial charge in [0.25, 0.3) is 0 Å². The standard InChI is InChI=1S/C22H26BrClN2O2S/c1-15(21(28)25-22(2,3)4)26(13-16-6-5-7-17(23)12-16)20(27)14-29-19-10-8-18(24)9-11-19/h5-12,15H,13-14H2,1-4H3,(H,25,28)/t15-/m1/s1. The maximum Gasteiger partial charge on any atom is 0.242 e. The number of thioether (sulfide) groups is 1. The summed E-state index contributed by atoms with van der Waals surface area (Å²) in [6.45, 7) is 7.90. The van der Waals surface area contributed by atoms with E-state index in [1.807, 2.05) is 57.2 Å². The molecular formula is C22H26BrClN2O2S. The molecule has 2 aromatic carbocycles. The number of nitrogens with one attached hydrogen (secondary N) is 1. The van der Waals surface area contributed by atoms with Gasteiger partial charge in [-0.3, -0.25) is 9.59 Å². The molecule has 0 aliphatic carbocycles. The highest BCUT2D eigenvalue weighted by molar-refractivity contribution is 9.10. The minimum absolute atomic E-state index is 0.0958. The van der Waals surface area contributed by atoms with Gasteiger partial charge in [0.15, 0.2) is 0 Å². The Morgan fingerprint density at radius 3 is 2.41 bits per heavy atom. The van der Waals surface area contributed by atoms with Crippen LogP contribution in [0.15, 0.2) is 57.9 Å². The molecule has 2 aromatic rings. The molecule has 7 heteroatoms. The van der Waals surface area contributed by atoms with E-state index >= 15 is 0 Å². The molecule has 2 rings (SSSR count). The summed E-state index contributed by atoms with van der Waals surface area (Å²) >= 11 is 10.8. The van der Waals surface area contributed by atoms with Gasteiger partial charge in [0, 0.05) is 26.5 Å². The topological polar surface area (TPSA) is 49.4 Å². The van der Waals surface area contributed by atoms with Crippen LogP contribution in [0.4, 0.5) is 0 Å². The molecule has 156 valence electrons. The van der Waals surface area contributed by atoms with E-state index in [-0.39, 0.29) is 23.1 Å². The fraction of sp³-hybridized carbons (Fsp3) is 0.364. The van der Waals surface area contributed by atoms with Crippen LogP contribution in [0.25, 0.3) is 0 Å². The fourth-order valence-corrected chi connectivity index (χ4v) is 4.00. The van der Waals surface area contributed by atoms with E-state index in [0.717, 1.165) is 14.9 Å². The van der Waals surface area contributed by atoms with Gasteiger partial charge in [-0.2, -0.15) is 0 Å². The van der Waals surface area contributed by atoms with Gasteiger partial charge < -0.3 is 10.2 Å². The molecule has 0 heterocycles. The highest BCUT2D eigenvalue weighted by Gasteiger charge is 2.28. The number of hydrogen-bond donors (Lipinski definition) is 1. The lowest BCUT2D eigenvalue weighted by atomic mass is 10.1. The van der Waals surface area contributed by atoms with Crippen LogP contribution in [0.5, 0.6) is 0 Å². The van der Waals surface area contributed by atoms with Crippen molar-refractivity contribution in [2.24, 2.45) is 0 Å². The van der Waals surface area contributed by atoms with Crippen molar-refractivity contribution in [3.8, 4) is 0 Å². The predicted molar refractivity (Wildman–Crippen MR) is 124 cm³/mol. The molecular weight excluding hydrogens is 472 g/mol. The molecule has 0 radical (unpaired) electrons. The maximum absolute atomic E-state index is 13.1. The van der Waals surface area contributed by atoms with Crippen molar-refractivity contribution in [1.29, 1.82) is 0 Å². The zero-order valence-electron chi connectivity index (χ0n) is 17.0. The van der Waals surface area contributed by atoms with Gasteiger partial charge in [-0.15, -0.1) is 11.8 Å². The fourth-order valence-electron chi connectivity index (χ4n) is 2.65. The number of carbonyl (C=O) groups is 2. The Hall–Kier alpha value is -1.50. The monoisotopic (exact) mass is 496 g/mol. The third-order valence-corrected chi connectivity index (χ3v) is 5.83. The normalized spacial score (nSPS) is 12.3. The van der Waals surface area contributed by atoms with Crippen molar-refractivity contribution in [2.45, 2.75) is 50.7 Å². The summed E-state index contributed by atoms with van der Waals surface area (Å²) in [6.07, 6.45) is 0. The minimum Gasteiger partial charge on any atom is -0.350 e. The first-order valence-electron chi connectivity index (χ1n) is 9.29. The van der Waals surface area contributed by atoms with Crippen LogP contribution >= 0.6 is 39.3 Å². The molecule has 2 amide bonds. The largest absolute Gasteiger partial charge is 0.350 e. The van der Waals surface area contributed by atoms with Gasteiger partial charge in [0.1, 0.15) is 6.04 Å². The molecule has 0 spiro atoms. The Bertz CT molecular complexity index is 853. The highest BCUT2D eigenvalue weighted by Crippen LogP contribution is 2.22. The van der Waals surface area contributed by atoms with Gasteiger partial charge >= 0.3 is 0 Å². The van der Waals surface area contributed by atoms with Crippen LogP contribution in [0.1, 0.15) is 33.3 Å². The molecule has 1 atom stereocenters. The molecule has 0 bridgehead atoms. The average Bonchev–Trinajstić information content (AvgIpc) is 2.63. The Kier molecular flexibility index (Phi) is 8.61. The zero-order chi connectivity index (χ0) is 21.6. The molecule has 0 aliphatic rings. The maximum atomic E-state index is 13.1. The van der Waals surface area contributed by atoms with Crippen LogP contribution in [0.3, 0.4) is 0 Å². The molecule has 0 fully saturated rings. The molecule has 0 saturated heterocycles. The highest BCUT2D eigenvalue weighted by atomic mass is 79.9. The van der Waals surface area contributed by atoms with E-state index in [0.29, 0.717) is 11.6 Å². The Balaban J connectivity index is 2.16. The van der Waals surface area contributed by atoms with Gasteiger partial charge in [0.05, 0.1) is 5.75 Å². The van der Waals surface area contributed by atoms with Gasteiger partial charge in [-0.05, 0) is 69.7 Å². The summed E-state index contributed by atoms with van der Waals surface area (Å²) in [7, 11) is 0. The molecule has 1 N–H and O–H groups in total. The smallest absolute Gasteiger partial charge is 0.242 e. The molecule has 0 saturated carbocycles. The van der Waals surface area contributed by atoms with Crippen molar-refractivity contribution < 1.29 is 9.59 Å². The molecule has 0 aromatic heterocycles. The van der Waals surface area contributed by atoms with Crippen LogP contribution in [-0.4, -0.2) is 34.0 Å². The predicted octanol–water partition coefficient (Wildman–Crippen LogP) is 5.53. The minimum atomic E-state index is -0.591. The lowest BCUT2D eigenvalue weighted by Crippen LogP contribution is -2.52. The number of carbonyl (C=O) groups excluding carboxylic acids is 2. The number of hydrogen-bond acceptors (Lipinski definition) is 3. The molecule has 4 nitrogen and oxygen atoms in total. The second kappa shape index (κ2) is 10.5. The SMILES string of the molecule is C[C@H](C(=O)NC(C)(C)C)N(Cc1cccc(Br)c1)C(=O)CSc1ccc(Cl)cc1. The van der Waals surface area contributed by atoms with Gasteiger partial charge in [-0.25, -0.2) is 0 Å². The summed E-state index contributed by atoms with van der Waals surface area (Å²) in [5, 5.41) is 3.62. The molecule has 0 aliphatic heterocycles. The van der Waals surface area contributed by atoms with Crippen LogP contribution in [0, 0.1) is 0 Å². The first kappa shape index (κ1) is 23.8. The average molecular weight is 498 g/mol. The third-order valence-electron chi connectivity index (χ3n) is 4.08. The van der Waals surface area contributed by atoms with Crippen molar-refractivity contribution in [1.82, 2.24) is 10.2 Å². The lowest BCUT2D eigenvalue weighted by molar-refractivity contribution is -0.139. The Morgan fingerprint density at radius 2 is 1.83 bits per heavy atom. The van der Waals surface area contributed by atoms with Crippen molar-refractivity contribution >= 4 is 51.1 Å². The van der Waals surface area contributed by atoms with E-state index in [1.165, 1.54) is 11.8 Å². The van der Waals surface area contributed by atoms with E-state index in [4.69, 9.17) is 11.6 Å². The van der Waals surface area contributed by atoms with Crippen LogP contribution < -0.4 is 5.32 Å². The number of benzene rings is 2. The van der Waals surface area contributed by atoms with Gasteiger partial charge in [0.2, 0.25) is 11.8 Å². The zero-order valence-corrected chi connectivity index (χ0v) is 20.2. The molecule has 29 heavy (non-hydrogen) atoms. The number of halogens is 2. The third kappa shape index (κ3) is 8.03. The summed E-state index contributed by atoms with van der Waals surface area (Å²) in [5.74, 6) is -0.0261. The van der Waals surface area contributed by atoms with Crippen molar-refractivity contribution in [2.75, 3.05) is 5.75 Å². The van der Waals surface area contributed by atoms with E-state index in [2.05, 4.69) is 21.2 Å². The summed E-state index contributed by atoms with van der Waals surface area (Å²) in [4.78, 5) is 28.4. The summed E-state index contributed by atoms with van der Waals surface area (Å²) in [6, 6.07) is 14.5. The van der Waals surface area contributed by atoms with Crippen molar-refractivity contribution in [3.05, 3.63) is 63.6 Å².